The van der Waals surface area contributed by atoms with Gasteiger partial charge in [-0.05, 0) is 65.1 Å². The number of aliphatic hydroxyl groups is 1. The molecule has 0 spiro atoms. The number of para-hydroxylation sites is 1. The fourth-order valence-corrected chi connectivity index (χ4v) is 4.48. The molecular weight excluding hydrogens is 472 g/mol. The molecule has 8 heteroatoms. The third-order valence-electron chi connectivity index (χ3n) is 6.26. The Bertz CT molecular complexity index is 1360. The number of carbonyl (C=O) groups is 1. The van der Waals surface area contributed by atoms with Crippen LogP contribution in [0.4, 0.5) is 0 Å². The lowest BCUT2D eigenvalue weighted by molar-refractivity contribution is 0.0916. The summed E-state index contributed by atoms with van der Waals surface area (Å²) in [4.78, 5) is 16.6. The quantitative estimate of drug-likeness (QED) is 0.281. The van der Waals surface area contributed by atoms with Crippen LogP contribution in [0.25, 0.3) is 22.0 Å². The minimum absolute atomic E-state index is 0.192. The van der Waals surface area contributed by atoms with Gasteiger partial charge in [-0.3, -0.25) is 4.79 Å². The molecule has 0 aliphatic carbocycles. The topological polar surface area (TPSA) is 102 Å². The van der Waals surface area contributed by atoms with Crippen LogP contribution in [0, 0.1) is 0 Å². The van der Waals surface area contributed by atoms with E-state index in [0.29, 0.717) is 35.8 Å². The molecule has 0 aliphatic rings. The summed E-state index contributed by atoms with van der Waals surface area (Å²) in [6.45, 7) is 0.139. The Morgan fingerprint density at radius 1 is 0.946 bits per heavy atom. The van der Waals surface area contributed by atoms with Gasteiger partial charge < -0.3 is 34.4 Å². The first-order valence-electron chi connectivity index (χ1n) is 11.9. The summed E-state index contributed by atoms with van der Waals surface area (Å²) in [7, 11) is 6.28. The van der Waals surface area contributed by atoms with Gasteiger partial charge in [0.2, 0.25) is 5.75 Å². The summed E-state index contributed by atoms with van der Waals surface area (Å²) in [6, 6.07) is 16.7. The highest BCUT2D eigenvalue weighted by Crippen LogP contribution is 2.41. The summed E-state index contributed by atoms with van der Waals surface area (Å²) in [5.74, 6) is 1.23. The van der Waals surface area contributed by atoms with E-state index in [1.54, 1.807) is 40.6 Å². The maximum absolute atomic E-state index is 13.4. The Kier molecular flexibility index (Phi) is 8.32. The van der Waals surface area contributed by atoms with Gasteiger partial charge in [0.25, 0.3) is 5.91 Å². The van der Waals surface area contributed by atoms with Gasteiger partial charge >= 0.3 is 0 Å². The van der Waals surface area contributed by atoms with E-state index in [1.807, 2.05) is 48.7 Å². The van der Waals surface area contributed by atoms with E-state index in [1.165, 1.54) is 0 Å². The molecule has 3 N–H and O–H groups in total. The number of fused-ring (bicyclic) bond motifs is 1. The van der Waals surface area contributed by atoms with Crippen molar-refractivity contribution in [2.24, 2.45) is 0 Å². The number of ether oxygens (including phenoxy) is 4. The summed E-state index contributed by atoms with van der Waals surface area (Å²) in [5, 5.41) is 14.1. The van der Waals surface area contributed by atoms with E-state index < -0.39 is 6.04 Å². The predicted molar refractivity (Wildman–Crippen MR) is 143 cm³/mol. The van der Waals surface area contributed by atoms with Crippen LogP contribution >= 0.6 is 0 Å². The molecular formula is C29H32N2O6. The van der Waals surface area contributed by atoms with Crippen molar-refractivity contribution in [3.8, 4) is 28.4 Å². The summed E-state index contributed by atoms with van der Waals surface area (Å²) >= 11 is 0. The number of aromatic nitrogens is 1. The fraction of sp³-hybridized carbons (Fsp3) is 0.276. The molecule has 0 fully saturated rings. The van der Waals surface area contributed by atoms with Crippen molar-refractivity contribution >= 4 is 16.8 Å². The van der Waals surface area contributed by atoms with E-state index in [2.05, 4.69) is 10.3 Å². The molecule has 4 rings (SSSR count). The number of aliphatic hydroxyl groups excluding tert-OH is 1. The predicted octanol–water partition coefficient (Wildman–Crippen LogP) is 4.34. The molecule has 1 heterocycles. The average Bonchev–Trinajstić information content (AvgIpc) is 3.34. The number of hydrogen-bond donors (Lipinski definition) is 3. The van der Waals surface area contributed by atoms with Gasteiger partial charge in [0.1, 0.15) is 0 Å². The van der Waals surface area contributed by atoms with Gasteiger partial charge in [-0.2, -0.15) is 0 Å². The molecule has 0 radical (unpaired) electrons. The number of amides is 1. The maximum Gasteiger partial charge on any atom is 0.251 e. The molecule has 1 amide bonds. The SMILES string of the molecule is COCc1cc(C(=O)N[C@@H](CO)Cc2c[nH]c3ccccc23)cc(-c2cc(OC)c(OC)c(OC)c2)c1. The molecule has 3 aromatic carbocycles. The van der Waals surface area contributed by atoms with E-state index in [4.69, 9.17) is 18.9 Å². The molecule has 1 aromatic heterocycles. The molecule has 37 heavy (non-hydrogen) atoms. The molecule has 4 aromatic rings. The monoisotopic (exact) mass is 504 g/mol. The third-order valence-corrected chi connectivity index (χ3v) is 6.26. The fourth-order valence-electron chi connectivity index (χ4n) is 4.48. The van der Waals surface area contributed by atoms with Crippen LogP contribution in [0.2, 0.25) is 0 Å². The summed E-state index contributed by atoms with van der Waals surface area (Å²) in [6.07, 6.45) is 2.41. The Morgan fingerprint density at radius 3 is 2.30 bits per heavy atom. The number of H-pyrrole nitrogens is 1. The van der Waals surface area contributed by atoms with Gasteiger partial charge in [-0.15, -0.1) is 0 Å². The minimum Gasteiger partial charge on any atom is -0.493 e. The van der Waals surface area contributed by atoms with Crippen molar-refractivity contribution in [2.45, 2.75) is 19.1 Å². The summed E-state index contributed by atoms with van der Waals surface area (Å²) < 4.78 is 21.8. The van der Waals surface area contributed by atoms with Crippen LogP contribution in [-0.4, -0.2) is 57.1 Å². The van der Waals surface area contributed by atoms with E-state index >= 15 is 0 Å². The van der Waals surface area contributed by atoms with Crippen LogP contribution in [0.15, 0.2) is 60.8 Å². The first-order chi connectivity index (χ1) is 18.0. The maximum atomic E-state index is 13.4. The number of hydrogen-bond acceptors (Lipinski definition) is 6. The zero-order valence-electron chi connectivity index (χ0n) is 21.5. The van der Waals surface area contributed by atoms with Crippen LogP contribution in [0.3, 0.4) is 0 Å². The second-order valence-corrected chi connectivity index (χ2v) is 8.68. The first-order valence-corrected chi connectivity index (χ1v) is 11.9. The number of aromatic amines is 1. The van der Waals surface area contributed by atoms with Crippen LogP contribution in [0.5, 0.6) is 17.2 Å². The van der Waals surface area contributed by atoms with Crippen molar-refractivity contribution in [1.82, 2.24) is 10.3 Å². The highest BCUT2D eigenvalue weighted by molar-refractivity contribution is 5.96. The summed E-state index contributed by atoms with van der Waals surface area (Å²) in [5.41, 5.74) is 4.91. The standard InChI is InChI=1S/C29H32N2O6/c1-34-17-18-9-19(20-13-26(35-2)28(37-4)27(14-20)36-3)11-21(10-18)29(33)31-23(16-32)12-22-15-30-25-8-6-5-7-24(22)25/h5-11,13-15,23,30,32H,12,16-17H2,1-4H3,(H,31,33)/t23-/m1/s1. The van der Waals surface area contributed by atoms with Crippen LogP contribution in [0.1, 0.15) is 21.5 Å². The van der Waals surface area contributed by atoms with Crippen molar-refractivity contribution in [2.75, 3.05) is 35.0 Å². The average molecular weight is 505 g/mol. The second-order valence-electron chi connectivity index (χ2n) is 8.68. The van der Waals surface area contributed by atoms with Gasteiger partial charge in [-0.25, -0.2) is 0 Å². The van der Waals surface area contributed by atoms with Gasteiger partial charge in [0.15, 0.2) is 11.5 Å². The Balaban J connectivity index is 1.64. The molecule has 194 valence electrons. The lowest BCUT2D eigenvalue weighted by Gasteiger charge is -2.18. The smallest absolute Gasteiger partial charge is 0.251 e. The molecule has 0 bridgehead atoms. The van der Waals surface area contributed by atoms with E-state index in [9.17, 15) is 9.90 Å². The number of carbonyl (C=O) groups excluding carboxylic acids is 1. The Labute approximate surface area is 216 Å². The van der Waals surface area contributed by atoms with E-state index in [-0.39, 0.29) is 12.5 Å². The highest BCUT2D eigenvalue weighted by atomic mass is 16.5. The number of nitrogens with one attached hydrogen (secondary N) is 2. The number of rotatable bonds is 11. The van der Waals surface area contributed by atoms with Crippen LogP contribution < -0.4 is 19.5 Å². The van der Waals surface area contributed by atoms with Crippen molar-refractivity contribution < 1.29 is 28.8 Å². The zero-order valence-corrected chi connectivity index (χ0v) is 21.5. The molecule has 0 saturated heterocycles. The Morgan fingerprint density at radius 2 is 1.65 bits per heavy atom. The van der Waals surface area contributed by atoms with Crippen molar-refractivity contribution in [3.63, 3.8) is 0 Å². The van der Waals surface area contributed by atoms with E-state index in [0.717, 1.165) is 33.2 Å². The van der Waals surface area contributed by atoms with Crippen LogP contribution in [-0.2, 0) is 17.8 Å². The molecule has 8 nitrogen and oxygen atoms in total. The lowest BCUT2D eigenvalue weighted by atomic mass is 9.98. The number of benzene rings is 3. The lowest BCUT2D eigenvalue weighted by Crippen LogP contribution is -2.39. The van der Waals surface area contributed by atoms with Crippen molar-refractivity contribution in [3.05, 3.63) is 77.5 Å². The molecule has 0 unspecified atom stereocenters. The normalized spacial score (nSPS) is 11.8. The third kappa shape index (κ3) is 5.71. The van der Waals surface area contributed by atoms with Gasteiger partial charge in [-0.1, -0.05) is 18.2 Å². The van der Waals surface area contributed by atoms with Gasteiger partial charge in [0.05, 0.1) is 40.6 Å². The van der Waals surface area contributed by atoms with Crippen molar-refractivity contribution in [1.29, 1.82) is 0 Å². The first kappa shape index (κ1) is 26.1. The van der Waals surface area contributed by atoms with Gasteiger partial charge in [0, 0.05) is 29.8 Å². The minimum atomic E-state index is -0.456. The molecule has 0 saturated carbocycles. The molecule has 0 aliphatic heterocycles. The largest absolute Gasteiger partial charge is 0.493 e. The zero-order chi connectivity index (χ0) is 26.4. The Hall–Kier alpha value is -4.01. The number of methoxy groups -OCH3 is 4. The second kappa shape index (κ2) is 11.8. The molecule has 1 atom stereocenters. The highest BCUT2D eigenvalue weighted by Gasteiger charge is 2.19.